The van der Waals surface area contributed by atoms with Gasteiger partial charge in [-0.15, -0.1) is 22.4 Å². The molecule has 0 saturated heterocycles. The molecule has 1 radical (unpaired) electrons. The van der Waals surface area contributed by atoms with Gasteiger partial charge in [-0.2, -0.15) is 0 Å². The minimum absolute atomic E-state index is 0.984. The Balaban J connectivity index is 2.14. The third-order valence-corrected chi connectivity index (χ3v) is 13.8. The Kier molecular flexibility index (Phi) is 7.27. The zero-order valence-corrected chi connectivity index (χ0v) is 22.4. The van der Waals surface area contributed by atoms with E-state index in [0.717, 1.165) is 0 Å². The van der Waals surface area contributed by atoms with Crippen molar-refractivity contribution in [2.24, 2.45) is 0 Å². The van der Waals surface area contributed by atoms with Crippen LogP contribution in [-0.2, 0) is 0 Å². The molecule has 0 fully saturated rings. The van der Waals surface area contributed by atoms with Crippen LogP contribution >= 0.6 is 22.4 Å². The van der Waals surface area contributed by atoms with Crippen LogP contribution in [0.3, 0.4) is 0 Å². The molecule has 0 unspecified atom stereocenters. The van der Waals surface area contributed by atoms with Gasteiger partial charge in [0.15, 0.2) is 0 Å². The summed E-state index contributed by atoms with van der Waals surface area (Å²) in [6, 6.07) is 14.0. The first-order valence-electron chi connectivity index (χ1n) is 10.5. The van der Waals surface area contributed by atoms with Crippen molar-refractivity contribution in [3.05, 3.63) is 86.5 Å². The first kappa shape index (κ1) is 23.2. The highest BCUT2D eigenvalue weighted by Gasteiger charge is 2.25. The summed E-state index contributed by atoms with van der Waals surface area (Å²) >= 11 is 4.24. The van der Waals surface area contributed by atoms with E-state index in [-0.39, 0.29) is 0 Å². The van der Waals surface area contributed by atoms with E-state index < -0.39 is 7.10 Å². The Hall–Kier alpha value is -1.42. The van der Waals surface area contributed by atoms with Gasteiger partial charge in [0.2, 0.25) is 7.10 Å². The van der Waals surface area contributed by atoms with E-state index in [9.17, 15) is 0 Å². The largest absolute Gasteiger partial charge is 0.236 e. The molecular formula is C27H33S2Si. The Morgan fingerprint density at radius 2 is 0.700 bits per heavy atom. The van der Waals surface area contributed by atoms with Gasteiger partial charge >= 0.3 is 0 Å². The molecule has 30 heavy (non-hydrogen) atoms. The van der Waals surface area contributed by atoms with Crippen molar-refractivity contribution < 1.29 is 0 Å². The zero-order valence-electron chi connectivity index (χ0n) is 19.8. The molecule has 0 amide bonds. The molecule has 0 aliphatic carbocycles. The average molecular weight is 450 g/mol. The summed E-state index contributed by atoms with van der Waals surface area (Å²) in [5.74, 6) is 0. The van der Waals surface area contributed by atoms with Crippen molar-refractivity contribution >= 4 is 34.7 Å². The van der Waals surface area contributed by atoms with E-state index in [0.29, 0.717) is 0 Å². The normalized spacial score (nSPS) is 11.4. The van der Waals surface area contributed by atoms with Crippen molar-refractivity contribution in [3.63, 3.8) is 0 Å². The Bertz CT molecular complexity index is 969. The van der Waals surface area contributed by atoms with Crippen molar-refractivity contribution in [2.75, 3.05) is 0 Å². The predicted molar refractivity (Wildman–Crippen MR) is 139 cm³/mol. The van der Waals surface area contributed by atoms with Gasteiger partial charge in [0.25, 0.3) is 0 Å². The molecule has 3 rings (SSSR count). The van der Waals surface area contributed by atoms with Crippen LogP contribution in [0, 0.1) is 62.3 Å². The van der Waals surface area contributed by atoms with E-state index in [1.807, 2.05) is 0 Å². The standard InChI is InChI=1S/C27H33S2Si/c1-16-10-19(4)25(20(5)11-16)28-30(27-23(8)14-18(3)15-24(27)9)29-26-21(6)12-17(2)13-22(26)7/h10-15H,1-9H3. The average Bonchev–Trinajstić information content (AvgIpc) is 2.59. The summed E-state index contributed by atoms with van der Waals surface area (Å²) in [4.78, 5) is 2.92. The summed E-state index contributed by atoms with van der Waals surface area (Å²) in [5, 5.41) is 1.57. The lowest BCUT2D eigenvalue weighted by molar-refractivity contribution is 1.19. The quantitative estimate of drug-likeness (QED) is 0.365. The molecule has 0 saturated carbocycles. The van der Waals surface area contributed by atoms with Crippen LogP contribution in [0.25, 0.3) is 0 Å². The molecule has 0 N–H and O–H groups in total. The van der Waals surface area contributed by atoms with Gasteiger partial charge in [-0.25, -0.2) is 0 Å². The van der Waals surface area contributed by atoms with Gasteiger partial charge in [-0.05, 0) is 101 Å². The summed E-state index contributed by atoms with van der Waals surface area (Å²) in [7, 11) is -0.984. The zero-order chi connectivity index (χ0) is 22.2. The number of hydrogen-bond donors (Lipinski definition) is 0. The lowest BCUT2D eigenvalue weighted by Crippen LogP contribution is -2.30. The highest BCUT2D eigenvalue weighted by Crippen LogP contribution is 2.39. The van der Waals surface area contributed by atoms with Crippen molar-refractivity contribution in [2.45, 2.75) is 72.1 Å². The molecule has 0 bridgehead atoms. The third-order valence-electron chi connectivity index (χ3n) is 5.48. The molecule has 157 valence electrons. The molecule has 0 spiro atoms. The first-order valence-corrected chi connectivity index (χ1v) is 15.1. The molecule has 0 atom stereocenters. The van der Waals surface area contributed by atoms with Gasteiger partial charge in [0.1, 0.15) is 0 Å². The number of benzene rings is 3. The van der Waals surface area contributed by atoms with Crippen LogP contribution in [0.15, 0.2) is 46.2 Å². The minimum Gasteiger partial charge on any atom is -0.132 e. The highest BCUT2D eigenvalue weighted by molar-refractivity contribution is 8.55. The maximum Gasteiger partial charge on any atom is 0.236 e. The monoisotopic (exact) mass is 449 g/mol. The summed E-state index contributed by atoms with van der Waals surface area (Å²) in [6.45, 7) is 20.3. The maximum atomic E-state index is 2.36. The van der Waals surface area contributed by atoms with Crippen molar-refractivity contribution in [1.29, 1.82) is 0 Å². The minimum atomic E-state index is -0.984. The lowest BCUT2D eigenvalue weighted by atomic mass is 10.1. The van der Waals surface area contributed by atoms with Gasteiger partial charge < -0.3 is 0 Å². The molecule has 0 aliphatic heterocycles. The molecule has 0 aliphatic rings. The van der Waals surface area contributed by atoms with E-state index in [4.69, 9.17) is 0 Å². The van der Waals surface area contributed by atoms with E-state index >= 15 is 0 Å². The lowest BCUT2D eigenvalue weighted by Gasteiger charge is -2.23. The molecule has 0 aromatic heterocycles. The summed E-state index contributed by atoms with van der Waals surface area (Å²) in [6.07, 6.45) is 0. The van der Waals surface area contributed by atoms with Crippen LogP contribution in [0.4, 0.5) is 0 Å². The van der Waals surface area contributed by atoms with Crippen molar-refractivity contribution in [3.8, 4) is 0 Å². The van der Waals surface area contributed by atoms with Gasteiger partial charge in [-0.3, -0.25) is 0 Å². The second-order valence-electron chi connectivity index (χ2n) is 8.72. The first-order chi connectivity index (χ1) is 14.1. The SMILES string of the molecule is Cc1cc(C)c(S[Si](Sc2c(C)cc(C)cc2C)c2c(C)cc(C)cc2C)c(C)c1. The van der Waals surface area contributed by atoms with E-state index in [1.165, 1.54) is 59.9 Å². The van der Waals surface area contributed by atoms with Gasteiger partial charge in [0, 0.05) is 9.79 Å². The fraction of sp³-hybridized carbons (Fsp3) is 0.333. The molecule has 3 aromatic rings. The molecule has 3 aromatic carbocycles. The molecule has 0 heterocycles. The highest BCUT2D eigenvalue weighted by atomic mass is 32.6. The second-order valence-corrected chi connectivity index (χ2v) is 15.5. The van der Waals surface area contributed by atoms with Crippen LogP contribution in [0.2, 0.25) is 0 Å². The number of aryl methyl sites for hydroxylation is 9. The Labute approximate surface area is 192 Å². The van der Waals surface area contributed by atoms with Gasteiger partial charge in [0.05, 0.1) is 0 Å². The maximum absolute atomic E-state index is 2.36. The molecule has 0 nitrogen and oxygen atoms in total. The Morgan fingerprint density at radius 3 is 1.00 bits per heavy atom. The second kappa shape index (κ2) is 9.38. The summed E-state index contributed by atoms with van der Waals surface area (Å²) in [5.41, 5.74) is 12.5. The van der Waals surface area contributed by atoms with Crippen LogP contribution < -0.4 is 5.19 Å². The third kappa shape index (κ3) is 5.07. The Morgan fingerprint density at radius 1 is 0.433 bits per heavy atom. The fourth-order valence-electron chi connectivity index (χ4n) is 4.47. The number of rotatable bonds is 5. The van der Waals surface area contributed by atoms with E-state index in [2.05, 4.69) is 121 Å². The van der Waals surface area contributed by atoms with Crippen LogP contribution in [0.1, 0.15) is 50.1 Å². The van der Waals surface area contributed by atoms with Crippen LogP contribution in [-0.4, -0.2) is 7.10 Å². The van der Waals surface area contributed by atoms with E-state index in [1.54, 1.807) is 5.19 Å². The molecular weight excluding hydrogens is 417 g/mol. The fourth-order valence-corrected chi connectivity index (χ4v) is 14.3. The summed E-state index contributed by atoms with van der Waals surface area (Å²) < 4.78 is 0. The van der Waals surface area contributed by atoms with Crippen molar-refractivity contribution in [1.82, 2.24) is 0 Å². The van der Waals surface area contributed by atoms with Crippen LogP contribution in [0.5, 0.6) is 0 Å². The predicted octanol–water partition coefficient (Wildman–Crippen LogP) is 7.74. The van der Waals surface area contributed by atoms with Gasteiger partial charge in [-0.1, -0.05) is 53.1 Å². The number of hydrogen-bond acceptors (Lipinski definition) is 2. The topological polar surface area (TPSA) is 0 Å². The smallest absolute Gasteiger partial charge is 0.132 e. The molecule has 3 heteroatoms.